The number of alkyl halides is 1. The maximum Gasteiger partial charge on any atom is 0.145 e. The molecule has 1 heterocycles. The predicted molar refractivity (Wildman–Crippen MR) is 38.9 cm³/mol. The Morgan fingerprint density at radius 2 is 2.50 bits per heavy atom. The Morgan fingerprint density at radius 3 is 2.90 bits per heavy atom. The molecule has 10 heavy (non-hydrogen) atoms. The second-order valence-electron chi connectivity index (χ2n) is 2.04. The molecule has 0 saturated carbocycles. The van der Waals surface area contributed by atoms with Crippen LogP contribution in [0, 0.1) is 0 Å². The lowest BCUT2D eigenvalue weighted by Crippen LogP contribution is -2.13. The maximum atomic E-state index is 8.44. The molecule has 0 saturated heterocycles. The Hall–Kier alpha value is -0.510. The van der Waals surface area contributed by atoms with Gasteiger partial charge in [0.2, 0.25) is 0 Å². The lowest BCUT2D eigenvalue weighted by atomic mass is 10.4. The molecule has 1 aromatic heterocycles. The van der Waals surface area contributed by atoms with Gasteiger partial charge >= 0.3 is 0 Å². The molecule has 0 fully saturated rings. The summed E-state index contributed by atoms with van der Waals surface area (Å²) in [5, 5.41) is 8.44. The number of halogens is 1. The average molecular weight is 161 g/mol. The number of hydroxylamine groups is 1. The first kappa shape index (κ1) is 7.60. The van der Waals surface area contributed by atoms with Crippen molar-refractivity contribution in [3.8, 4) is 0 Å². The van der Waals surface area contributed by atoms with E-state index in [0.29, 0.717) is 0 Å². The number of rotatable bonds is 2. The molecular formula is C6H9ClN2O. The Balaban J connectivity index is 2.82. The summed E-state index contributed by atoms with van der Waals surface area (Å²) in [5.74, 6) is 0. The minimum atomic E-state index is -0.528. The third-order valence-electron chi connectivity index (χ3n) is 1.36. The SMILES string of the molecule is Cn1cccc1C(Cl)NO. The van der Waals surface area contributed by atoms with E-state index in [1.54, 1.807) is 0 Å². The lowest BCUT2D eigenvalue weighted by molar-refractivity contribution is 0.153. The van der Waals surface area contributed by atoms with Crippen molar-refractivity contribution in [2.45, 2.75) is 5.50 Å². The zero-order chi connectivity index (χ0) is 7.56. The third kappa shape index (κ3) is 1.31. The number of nitrogens with zero attached hydrogens (tertiary/aromatic N) is 1. The largest absolute Gasteiger partial charge is 0.352 e. The first-order valence-corrected chi connectivity index (χ1v) is 3.34. The van der Waals surface area contributed by atoms with Crippen molar-refractivity contribution in [2.75, 3.05) is 0 Å². The van der Waals surface area contributed by atoms with Crippen LogP contribution in [0.25, 0.3) is 0 Å². The van der Waals surface area contributed by atoms with Crippen molar-refractivity contribution < 1.29 is 5.21 Å². The molecule has 0 bridgehead atoms. The Morgan fingerprint density at radius 1 is 1.80 bits per heavy atom. The Bertz CT molecular complexity index is 211. The maximum absolute atomic E-state index is 8.44. The Labute approximate surface area is 64.2 Å². The van der Waals surface area contributed by atoms with Crippen molar-refractivity contribution in [3.05, 3.63) is 24.0 Å². The molecular weight excluding hydrogens is 152 g/mol. The van der Waals surface area contributed by atoms with Gasteiger partial charge in [0.25, 0.3) is 0 Å². The van der Waals surface area contributed by atoms with Crippen LogP contribution in [0.3, 0.4) is 0 Å². The molecule has 1 unspecified atom stereocenters. The van der Waals surface area contributed by atoms with E-state index in [9.17, 15) is 0 Å². The summed E-state index contributed by atoms with van der Waals surface area (Å²) in [7, 11) is 1.86. The van der Waals surface area contributed by atoms with Crippen LogP contribution in [0.5, 0.6) is 0 Å². The van der Waals surface area contributed by atoms with E-state index in [1.807, 2.05) is 35.4 Å². The molecule has 1 rings (SSSR count). The Kier molecular flexibility index (Phi) is 2.32. The summed E-state index contributed by atoms with van der Waals surface area (Å²) in [6.45, 7) is 0. The third-order valence-corrected chi connectivity index (χ3v) is 1.68. The summed E-state index contributed by atoms with van der Waals surface area (Å²) >= 11 is 5.66. The molecule has 1 aromatic rings. The van der Waals surface area contributed by atoms with Crippen LogP contribution in [-0.4, -0.2) is 9.77 Å². The lowest BCUT2D eigenvalue weighted by Gasteiger charge is -2.07. The van der Waals surface area contributed by atoms with Gasteiger partial charge in [-0.3, -0.25) is 0 Å². The van der Waals surface area contributed by atoms with Gasteiger partial charge in [0.1, 0.15) is 5.50 Å². The van der Waals surface area contributed by atoms with Gasteiger partial charge in [-0.2, -0.15) is 5.48 Å². The summed E-state index contributed by atoms with van der Waals surface area (Å²) in [5.41, 5.74) is 2.26. The van der Waals surface area contributed by atoms with Crippen LogP contribution in [-0.2, 0) is 7.05 Å². The van der Waals surface area contributed by atoms with Gasteiger partial charge in [-0.15, -0.1) is 0 Å². The predicted octanol–water partition coefficient (Wildman–Crippen LogP) is 1.24. The first-order chi connectivity index (χ1) is 4.75. The van der Waals surface area contributed by atoms with Crippen LogP contribution in [0.1, 0.15) is 11.2 Å². The molecule has 1 atom stereocenters. The van der Waals surface area contributed by atoms with E-state index in [0.717, 1.165) is 5.69 Å². The zero-order valence-electron chi connectivity index (χ0n) is 5.58. The smallest absolute Gasteiger partial charge is 0.145 e. The van der Waals surface area contributed by atoms with Crippen LogP contribution >= 0.6 is 11.6 Å². The first-order valence-electron chi connectivity index (χ1n) is 2.90. The number of nitrogens with one attached hydrogen (secondary N) is 1. The number of hydrogen-bond donors (Lipinski definition) is 2. The molecule has 2 N–H and O–H groups in total. The highest BCUT2D eigenvalue weighted by Gasteiger charge is 2.07. The van der Waals surface area contributed by atoms with Crippen LogP contribution < -0.4 is 5.48 Å². The fourth-order valence-electron chi connectivity index (χ4n) is 0.804. The van der Waals surface area contributed by atoms with Gasteiger partial charge in [-0.25, -0.2) is 0 Å². The summed E-state index contributed by atoms with van der Waals surface area (Å²) in [4.78, 5) is 0. The normalized spacial score (nSPS) is 13.5. The van der Waals surface area contributed by atoms with Crippen LogP contribution in [0.15, 0.2) is 18.3 Å². The van der Waals surface area contributed by atoms with Gasteiger partial charge in [-0.05, 0) is 12.1 Å². The summed E-state index contributed by atoms with van der Waals surface area (Å²) in [6, 6.07) is 3.70. The quantitative estimate of drug-likeness (QED) is 0.388. The van der Waals surface area contributed by atoms with E-state index in [1.165, 1.54) is 0 Å². The second-order valence-corrected chi connectivity index (χ2v) is 2.47. The number of hydrogen-bond acceptors (Lipinski definition) is 2. The van der Waals surface area contributed by atoms with Crippen molar-refractivity contribution >= 4 is 11.6 Å². The van der Waals surface area contributed by atoms with Crippen molar-refractivity contribution in [1.82, 2.24) is 10.0 Å². The van der Waals surface area contributed by atoms with Gasteiger partial charge in [-0.1, -0.05) is 11.6 Å². The molecule has 0 amide bonds. The highest BCUT2D eigenvalue weighted by atomic mass is 35.5. The second kappa shape index (κ2) is 3.05. The number of aryl methyl sites for hydroxylation is 1. The molecule has 0 aromatic carbocycles. The fourth-order valence-corrected chi connectivity index (χ4v) is 1.03. The average Bonchev–Trinajstić information content (AvgIpc) is 2.34. The molecule has 0 spiro atoms. The van der Waals surface area contributed by atoms with E-state index >= 15 is 0 Å². The van der Waals surface area contributed by atoms with Gasteiger partial charge < -0.3 is 9.77 Å². The molecule has 4 heteroatoms. The monoisotopic (exact) mass is 160 g/mol. The van der Waals surface area contributed by atoms with Crippen molar-refractivity contribution in [3.63, 3.8) is 0 Å². The van der Waals surface area contributed by atoms with Crippen molar-refractivity contribution in [2.24, 2.45) is 7.05 Å². The fraction of sp³-hybridized carbons (Fsp3) is 0.333. The molecule has 3 nitrogen and oxygen atoms in total. The molecule has 0 aliphatic heterocycles. The summed E-state index contributed by atoms with van der Waals surface area (Å²) in [6.07, 6.45) is 1.86. The van der Waals surface area contributed by atoms with E-state index in [2.05, 4.69) is 0 Å². The topological polar surface area (TPSA) is 37.2 Å². The van der Waals surface area contributed by atoms with E-state index in [-0.39, 0.29) is 0 Å². The van der Waals surface area contributed by atoms with E-state index in [4.69, 9.17) is 16.8 Å². The minimum Gasteiger partial charge on any atom is -0.352 e. The standard InChI is InChI=1S/C6H9ClN2O/c1-9-4-2-3-5(9)6(7)8-10/h2-4,6,8,10H,1H3. The number of aromatic nitrogens is 1. The van der Waals surface area contributed by atoms with Crippen LogP contribution in [0.2, 0.25) is 0 Å². The molecule has 0 aliphatic carbocycles. The molecule has 0 aliphatic rings. The highest BCUT2D eigenvalue weighted by Crippen LogP contribution is 2.15. The molecule has 56 valence electrons. The highest BCUT2D eigenvalue weighted by molar-refractivity contribution is 6.20. The van der Waals surface area contributed by atoms with Crippen LogP contribution in [0.4, 0.5) is 0 Å². The van der Waals surface area contributed by atoms with E-state index < -0.39 is 5.50 Å². The van der Waals surface area contributed by atoms with Crippen molar-refractivity contribution in [1.29, 1.82) is 0 Å². The molecule has 0 radical (unpaired) electrons. The zero-order valence-corrected chi connectivity index (χ0v) is 6.34. The van der Waals surface area contributed by atoms with Gasteiger partial charge in [0.15, 0.2) is 0 Å². The minimum absolute atomic E-state index is 0.528. The summed E-state index contributed by atoms with van der Waals surface area (Å²) < 4.78 is 1.83. The van der Waals surface area contributed by atoms with Gasteiger partial charge in [0.05, 0.1) is 5.69 Å². The van der Waals surface area contributed by atoms with Gasteiger partial charge in [0, 0.05) is 13.2 Å².